The van der Waals surface area contributed by atoms with Gasteiger partial charge in [0, 0.05) is 0 Å². The van der Waals surface area contributed by atoms with Crippen LogP contribution in [0.3, 0.4) is 0 Å². The Morgan fingerprint density at radius 3 is 2.32 bits per heavy atom. The molecule has 3 unspecified atom stereocenters. The molecule has 4 heteroatoms. The summed E-state index contributed by atoms with van der Waals surface area (Å²) in [5.74, 6) is 2.02. The van der Waals surface area contributed by atoms with Crippen LogP contribution in [-0.2, 0) is 0 Å². The molecule has 0 aromatic heterocycles. The molecule has 0 amide bonds. The van der Waals surface area contributed by atoms with Gasteiger partial charge in [-0.25, -0.2) is 0 Å². The Kier molecular flexibility index (Phi) is 8.93. The highest BCUT2D eigenvalue weighted by molar-refractivity contribution is 5.20. The van der Waals surface area contributed by atoms with E-state index in [9.17, 15) is 20.4 Å². The molecular formula is C30H50O4. The summed E-state index contributed by atoms with van der Waals surface area (Å²) in [6.07, 6.45) is 18.8. The Balaban J connectivity index is 1.64. The van der Waals surface area contributed by atoms with Crippen LogP contribution in [0.25, 0.3) is 0 Å². The fourth-order valence-electron chi connectivity index (χ4n) is 7.22. The molecule has 0 aromatic carbocycles. The molecule has 0 heterocycles. The van der Waals surface area contributed by atoms with Gasteiger partial charge in [-0.15, -0.1) is 0 Å². The molecule has 0 radical (unpaired) electrons. The first-order valence-electron chi connectivity index (χ1n) is 13.8. The summed E-state index contributed by atoms with van der Waals surface area (Å²) in [4.78, 5) is 0. The van der Waals surface area contributed by atoms with Gasteiger partial charge in [0.15, 0.2) is 0 Å². The third-order valence-electron chi connectivity index (χ3n) is 10.0. The van der Waals surface area contributed by atoms with Crippen molar-refractivity contribution in [3.8, 4) is 0 Å². The highest BCUT2D eigenvalue weighted by atomic mass is 16.4. The second kappa shape index (κ2) is 11.0. The van der Waals surface area contributed by atoms with Crippen LogP contribution in [0.4, 0.5) is 0 Å². The highest BCUT2D eigenvalue weighted by Gasteiger charge is 2.50. The van der Waals surface area contributed by atoms with E-state index >= 15 is 0 Å². The molecule has 3 rings (SSSR count). The molecule has 0 spiro atoms. The van der Waals surface area contributed by atoms with E-state index in [0.29, 0.717) is 36.0 Å². The minimum Gasteiger partial charge on any atom is -0.390 e. The summed E-state index contributed by atoms with van der Waals surface area (Å²) in [6, 6.07) is 0. The second-order valence-corrected chi connectivity index (χ2v) is 12.1. The fraction of sp³-hybridized carbons (Fsp3) is 0.800. The van der Waals surface area contributed by atoms with Crippen LogP contribution < -0.4 is 0 Å². The van der Waals surface area contributed by atoms with Crippen molar-refractivity contribution in [2.45, 2.75) is 122 Å². The monoisotopic (exact) mass is 474 g/mol. The van der Waals surface area contributed by atoms with Gasteiger partial charge in [0.2, 0.25) is 0 Å². The van der Waals surface area contributed by atoms with Crippen LogP contribution in [0.5, 0.6) is 0 Å². The predicted molar refractivity (Wildman–Crippen MR) is 139 cm³/mol. The first-order valence-corrected chi connectivity index (χ1v) is 13.8. The Bertz CT molecular complexity index is 748. The van der Waals surface area contributed by atoms with E-state index in [2.05, 4.69) is 32.1 Å². The Hall–Kier alpha value is -0.940. The van der Waals surface area contributed by atoms with Crippen molar-refractivity contribution in [3.63, 3.8) is 0 Å². The molecule has 194 valence electrons. The SMILES string of the molecule is CCC(O)(/C=C/C=C/[C@@H](C)C1CCC2/C(=C/C[C@H]3C[C@@H](O)[C@@](C)(O)[C@H](O)C3)CCCC21C)CC. The average Bonchev–Trinajstić information content (AvgIpc) is 3.16. The second-order valence-electron chi connectivity index (χ2n) is 12.1. The van der Waals surface area contributed by atoms with Gasteiger partial charge in [0.05, 0.1) is 17.8 Å². The van der Waals surface area contributed by atoms with Crippen LogP contribution in [0.15, 0.2) is 36.0 Å². The minimum absolute atomic E-state index is 0.224. The van der Waals surface area contributed by atoms with Gasteiger partial charge < -0.3 is 20.4 Å². The summed E-state index contributed by atoms with van der Waals surface area (Å²) in [7, 11) is 0. The Morgan fingerprint density at radius 2 is 1.71 bits per heavy atom. The highest BCUT2D eigenvalue weighted by Crippen LogP contribution is 2.59. The summed E-state index contributed by atoms with van der Waals surface area (Å²) >= 11 is 0. The lowest BCUT2D eigenvalue weighted by atomic mass is 9.61. The van der Waals surface area contributed by atoms with Crippen LogP contribution >= 0.6 is 0 Å². The number of hydrogen-bond donors (Lipinski definition) is 4. The maximum absolute atomic E-state index is 10.5. The van der Waals surface area contributed by atoms with E-state index in [4.69, 9.17) is 0 Å². The van der Waals surface area contributed by atoms with E-state index in [-0.39, 0.29) is 5.92 Å². The third-order valence-corrected chi connectivity index (χ3v) is 10.0. The summed E-state index contributed by atoms with van der Waals surface area (Å²) < 4.78 is 0. The van der Waals surface area contributed by atoms with Gasteiger partial charge in [-0.2, -0.15) is 0 Å². The van der Waals surface area contributed by atoms with Gasteiger partial charge >= 0.3 is 0 Å². The van der Waals surface area contributed by atoms with Crippen LogP contribution in [0, 0.1) is 29.1 Å². The molecule has 3 aliphatic rings. The van der Waals surface area contributed by atoms with Crippen molar-refractivity contribution >= 4 is 0 Å². The van der Waals surface area contributed by atoms with Gasteiger partial charge in [-0.3, -0.25) is 0 Å². The predicted octanol–water partition coefficient (Wildman–Crippen LogP) is 5.70. The number of rotatable bonds is 8. The van der Waals surface area contributed by atoms with Crippen molar-refractivity contribution < 1.29 is 20.4 Å². The van der Waals surface area contributed by atoms with Crippen molar-refractivity contribution in [2.24, 2.45) is 29.1 Å². The average molecular weight is 475 g/mol. The van der Waals surface area contributed by atoms with Crippen molar-refractivity contribution in [2.75, 3.05) is 0 Å². The molecule has 0 saturated heterocycles. The Labute approximate surface area is 207 Å². The zero-order valence-electron chi connectivity index (χ0n) is 22.2. The lowest BCUT2D eigenvalue weighted by molar-refractivity contribution is -0.167. The lowest BCUT2D eigenvalue weighted by Gasteiger charge is -2.44. The van der Waals surface area contributed by atoms with E-state index in [1.54, 1.807) is 12.5 Å². The zero-order chi connectivity index (χ0) is 25.1. The molecule has 4 N–H and O–H groups in total. The van der Waals surface area contributed by atoms with Crippen LogP contribution in [0.1, 0.15) is 98.8 Å². The molecule has 34 heavy (non-hydrogen) atoms. The first-order chi connectivity index (χ1) is 16.0. The van der Waals surface area contributed by atoms with E-state index in [0.717, 1.165) is 19.3 Å². The van der Waals surface area contributed by atoms with Gasteiger partial charge in [0.1, 0.15) is 5.60 Å². The fourth-order valence-corrected chi connectivity index (χ4v) is 7.22. The standard InChI is InChI=1S/C30H50O4/c1-6-30(34,7-2)18-9-8-11-21(3)24-15-16-25-23(12-10-17-28(24,25)4)14-13-22-19-26(31)29(5,33)27(32)20-22/h8-9,11,14,18,21-22,24-27,31-34H,6-7,10,12-13,15-17,19-20H2,1-5H3/b11-8+,18-9+,23-14+/t21-,22-,24?,25?,26-,27-,28?,29+/m1/s1. The topological polar surface area (TPSA) is 80.9 Å². The van der Waals surface area contributed by atoms with Crippen molar-refractivity contribution in [1.82, 2.24) is 0 Å². The lowest BCUT2D eigenvalue weighted by Crippen LogP contribution is -2.54. The first kappa shape index (κ1) is 27.6. The van der Waals surface area contributed by atoms with E-state index in [1.165, 1.54) is 32.1 Å². The Morgan fingerprint density at radius 1 is 1.06 bits per heavy atom. The largest absolute Gasteiger partial charge is 0.390 e. The van der Waals surface area contributed by atoms with Crippen molar-refractivity contribution in [1.29, 1.82) is 0 Å². The molecule has 0 bridgehead atoms. The van der Waals surface area contributed by atoms with Crippen LogP contribution in [0.2, 0.25) is 0 Å². The normalized spacial score (nSPS) is 41.4. The third kappa shape index (κ3) is 5.72. The number of aliphatic hydroxyl groups excluding tert-OH is 2. The molecule has 0 aliphatic heterocycles. The van der Waals surface area contributed by atoms with Crippen LogP contribution in [-0.4, -0.2) is 43.8 Å². The number of hydrogen-bond acceptors (Lipinski definition) is 4. The van der Waals surface area contributed by atoms with Gasteiger partial charge in [-0.05, 0) is 100 Å². The molecule has 3 fully saturated rings. The molecule has 4 nitrogen and oxygen atoms in total. The maximum Gasteiger partial charge on any atom is 0.113 e. The van der Waals surface area contributed by atoms with E-state index in [1.807, 2.05) is 26.0 Å². The molecular weight excluding hydrogens is 424 g/mol. The van der Waals surface area contributed by atoms with Gasteiger partial charge in [0.25, 0.3) is 0 Å². The number of aliphatic hydroxyl groups is 4. The maximum atomic E-state index is 10.5. The summed E-state index contributed by atoms with van der Waals surface area (Å²) in [6.45, 7) is 10.4. The quantitative estimate of drug-likeness (QED) is 0.269. The van der Waals surface area contributed by atoms with E-state index < -0.39 is 23.4 Å². The van der Waals surface area contributed by atoms with Gasteiger partial charge in [-0.1, -0.05) is 63.6 Å². The summed E-state index contributed by atoms with van der Waals surface area (Å²) in [5, 5.41) is 41.4. The molecule has 3 aliphatic carbocycles. The smallest absolute Gasteiger partial charge is 0.113 e. The number of allylic oxidation sites excluding steroid dienone is 5. The molecule has 3 saturated carbocycles. The molecule has 6 atom stereocenters. The number of fused-ring (bicyclic) bond motifs is 1. The summed E-state index contributed by atoms with van der Waals surface area (Å²) in [5.41, 5.74) is -0.178. The van der Waals surface area contributed by atoms with Crippen molar-refractivity contribution in [3.05, 3.63) is 36.0 Å². The zero-order valence-corrected chi connectivity index (χ0v) is 22.2. The minimum atomic E-state index is -1.39. The molecule has 0 aromatic rings.